The number of methoxy groups -OCH3 is 1. The van der Waals surface area contributed by atoms with Gasteiger partial charge in [-0.15, -0.1) is 0 Å². The molecule has 2 atom stereocenters. The van der Waals surface area contributed by atoms with Crippen LogP contribution in [0.4, 0.5) is 4.79 Å². The van der Waals surface area contributed by atoms with Crippen LogP contribution in [0.2, 0.25) is 0 Å². The highest BCUT2D eigenvalue weighted by atomic mass is 16.6. The Kier molecular flexibility index (Phi) is 5.90. The molecule has 5 nitrogen and oxygen atoms in total. The summed E-state index contributed by atoms with van der Waals surface area (Å²) < 4.78 is 10.4. The molecule has 0 bridgehead atoms. The van der Waals surface area contributed by atoms with Gasteiger partial charge in [-0.3, -0.25) is 4.90 Å². The third-order valence-electron chi connectivity index (χ3n) is 4.31. The van der Waals surface area contributed by atoms with Crippen molar-refractivity contribution in [3.63, 3.8) is 0 Å². The van der Waals surface area contributed by atoms with Gasteiger partial charge in [0.2, 0.25) is 0 Å². The third kappa shape index (κ3) is 4.54. The minimum atomic E-state index is -0.781. The Morgan fingerprint density at radius 1 is 1.04 bits per heavy atom. The lowest BCUT2D eigenvalue weighted by molar-refractivity contribution is -0.147. The van der Waals surface area contributed by atoms with Crippen LogP contribution < -0.4 is 0 Å². The smallest absolute Gasteiger partial charge is 0.410 e. The number of fused-ring (bicyclic) bond motifs is 1. The molecule has 0 saturated heterocycles. The predicted octanol–water partition coefficient (Wildman–Crippen LogP) is 4.35. The van der Waals surface area contributed by atoms with Gasteiger partial charge >= 0.3 is 12.1 Å². The zero-order valence-electron chi connectivity index (χ0n) is 16.3. The number of ether oxygens (including phenoxy) is 2. The predicted molar refractivity (Wildman–Crippen MR) is 102 cm³/mol. The van der Waals surface area contributed by atoms with E-state index >= 15 is 0 Å². The van der Waals surface area contributed by atoms with E-state index in [-0.39, 0.29) is 5.92 Å². The van der Waals surface area contributed by atoms with Crippen molar-refractivity contribution in [3.8, 4) is 0 Å². The van der Waals surface area contributed by atoms with E-state index in [1.807, 2.05) is 49.4 Å². The Bertz CT molecular complexity index is 794. The fraction of sp³-hybridized carbons (Fsp3) is 0.429. The lowest BCUT2D eigenvalue weighted by Gasteiger charge is -2.32. The highest BCUT2D eigenvalue weighted by Gasteiger charge is 2.36. The summed E-state index contributed by atoms with van der Waals surface area (Å²) in [7, 11) is 2.89. The van der Waals surface area contributed by atoms with Crippen LogP contribution in [-0.4, -0.2) is 42.8 Å². The maximum absolute atomic E-state index is 12.5. The molecule has 140 valence electrons. The molecule has 0 aliphatic rings. The van der Waals surface area contributed by atoms with Crippen molar-refractivity contribution in [1.29, 1.82) is 0 Å². The van der Waals surface area contributed by atoms with Gasteiger partial charge in [-0.1, -0.05) is 49.4 Å². The van der Waals surface area contributed by atoms with Crippen molar-refractivity contribution in [2.24, 2.45) is 0 Å². The molecule has 5 heteroatoms. The van der Waals surface area contributed by atoms with E-state index < -0.39 is 23.7 Å². The van der Waals surface area contributed by atoms with E-state index in [2.05, 4.69) is 0 Å². The summed E-state index contributed by atoms with van der Waals surface area (Å²) >= 11 is 0. The maximum atomic E-state index is 12.5. The van der Waals surface area contributed by atoms with Gasteiger partial charge in [0, 0.05) is 13.0 Å². The second kappa shape index (κ2) is 7.77. The summed E-state index contributed by atoms with van der Waals surface area (Å²) in [6, 6.07) is 13.3. The topological polar surface area (TPSA) is 55.8 Å². The van der Waals surface area contributed by atoms with Gasteiger partial charge in [0.15, 0.2) is 0 Å². The summed E-state index contributed by atoms with van der Waals surface area (Å²) in [5, 5.41) is 2.21. The second-order valence-electron chi connectivity index (χ2n) is 7.45. The summed E-state index contributed by atoms with van der Waals surface area (Å²) in [5.41, 5.74) is 0.313. The number of hydrogen-bond donors (Lipinski definition) is 0. The molecule has 1 unspecified atom stereocenters. The lowest BCUT2D eigenvalue weighted by Crippen LogP contribution is -2.47. The SMILES string of the molecule is COC(=O)[C@@H](C(C)c1ccc2ccccc2c1)N(C)C(=O)OC(C)(C)C. The summed E-state index contributed by atoms with van der Waals surface area (Å²) in [5.74, 6) is -0.733. The zero-order valence-corrected chi connectivity index (χ0v) is 16.3. The van der Waals surface area contributed by atoms with Crippen LogP contribution in [0.5, 0.6) is 0 Å². The van der Waals surface area contributed by atoms with Crippen molar-refractivity contribution in [3.05, 3.63) is 48.0 Å². The number of amides is 1. The highest BCUT2D eigenvalue weighted by Crippen LogP contribution is 2.27. The van der Waals surface area contributed by atoms with Gasteiger partial charge in [-0.2, -0.15) is 0 Å². The van der Waals surface area contributed by atoms with Crippen LogP contribution in [0.3, 0.4) is 0 Å². The Labute approximate surface area is 154 Å². The largest absolute Gasteiger partial charge is 0.467 e. The Morgan fingerprint density at radius 3 is 2.23 bits per heavy atom. The first-order valence-electron chi connectivity index (χ1n) is 8.66. The van der Waals surface area contributed by atoms with Gasteiger partial charge in [0.05, 0.1) is 7.11 Å². The summed E-state index contributed by atoms with van der Waals surface area (Å²) in [6.45, 7) is 7.28. The molecule has 0 N–H and O–H groups in total. The molecule has 26 heavy (non-hydrogen) atoms. The van der Waals surface area contributed by atoms with Crippen LogP contribution in [0.25, 0.3) is 10.8 Å². The zero-order chi connectivity index (χ0) is 19.5. The number of hydrogen-bond acceptors (Lipinski definition) is 4. The fourth-order valence-electron chi connectivity index (χ4n) is 2.94. The summed E-state index contributed by atoms with van der Waals surface area (Å²) in [4.78, 5) is 26.2. The van der Waals surface area contributed by atoms with Crippen LogP contribution >= 0.6 is 0 Å². The van der Waals surface area contributed by atoms with E-state index in [1.165, 1.54) is 12.0 Å². The molecule has 0 saturated carbocycles. The first-order valence-corrected chi connectivity index (χ1v) is 8.66. The Balaban J connectivity index is 2.35. The van der Waals surface area contributed by atoms with Crippen LogP contribution in [-0.2, 0) is 14.3 Å². The minimum absolute atomic E-state index is 0.260. The molecule has 0 aromatic heterocycles. The van der Waals surface area contributed by atoms with E-state index in [0.717, 1.165) is 16.3 Å². The van der Waals surface area contributed by atoms with E-state index in [0.29, 0.717) is 0 Å². The molecule has 2 aromatic rings. The van der Waals surface area contributed by atoms with Crippen molar-refractivity contribution >= 4 is 22.8 Å². The summed E-state index contributed by atoms with van der Waals surface area (Å²) in [6.07, 6.45) is -0.555. The number of benzene rings is 2. The molecule has 0 radical (unpaired) electrons. The molecule has 0 fully saturated rings. The Hall–Kier alpha value is -2.56. The van der Waals surface area contributed by atoms with Crippen LogP contribution in [0.15, 0.2) is 42.5 Å². The number of nitrogens with zero attached hydrogens (tertiary/aromatic N) is 1. The van der Waals surface area contributed by atoms with Crippen molar-refractivity contribution in [2.75, 3.05) is 14.2 Å². The molecule has 0 heterocycles. The van der Waals surface area contributed by atoms with Crippen molar-refractivity contribution in [2.45, 2.75) is 45.3 Å². The fourth-order valence-corrected chi connectivity index (χ4v) is 2.94. The minimum Gasteiger partial charge on any atom is -0.467 e. The average Bonchev–Trinajstić information content (AvgIpc) is 2.59. The number of esters is 1. The van der Waals surface area contributed by atoms with Gasteiger partial charge in [0.1, 0.15) is 11.6 Å². The van der Waals surface area contributed by atoms with E-state index in [9.17, 15) is 9.59 Å². The number of carbonyl (C=O) groups excluding carboxylic acids is 2. The first kappa shape index (κ1) is 19.8. The normalized spacial score (nSPS) is 13.8. The van der Waals surface area contributed by atoms with Crippen LogP contribution in [0, 0.1) is 0 Å². The number of carbonyl (C=O) groups is 2. The van der Waals surface area contributed by atoms with Gasteiger partial charge < -0.3 is 9.47 Å². The first-order chi connectivity index (χ1) is 12.1. The van der Waals surface area contributed by atoms with Crippen molar-refractivity contribution in [1.82, 2.24) is 4.90 Å². The van der Waals surface area contributed by atoms with Crippen LogP contribution in [0.1, 0.15) is 39.2 Å². The molecule has 2 aromatic carbocycles. The molecule has 0 aliphatic carbocycles. The number of likely N-dealkylation sites (N-methyl/N-ethyl adjacent to an activating group) is 1. The molecular weight excluding hydrogens is 330 g/mol. The lowest BCUT2D eigenvalue weighted by atomic mass is 9.91. The Morgan fingerprint density at radius 2 is 1.65 bits per heavy atom. The van der Waals surface area contributed by atoms with Gasteiger partial charge in [0.25, 0.3) is 0 Å². The van der Waals surface area contributed by atoms with Gasteiger partial charge in [-0.25, -0.2) is 9.59 Å². The van der Waals surface area contributed by atoms with E-state index in [4.69, 9.17) is 9.47 Å². The molecule has 1 amide bonds. The number of rotatable bonds is 4. The highest BCUT2D eigenvalue weighted by molar-refractivity contribution is 5.85. The monoisotopic (exact) mass is 357 g/mol. The molecule has 0 aliphatic heterocycles. The molecular formula is C21H27NO4. The molecule has 2 rings (SSSR count). The molecule has 0 spiro atoms. The standard InChI is InChI=1S/C21H27NO4/c1-14(16-12-11-15-9-7-8-10-17(15)13-16)18(19(23)25-6)22(5)20(24)26-21(2,3)4/h7-14,18H,1-6H3/t14?,18-/m1/s1. The van der Waals surface area contributed by atoms with Gasteiger partial charge in [-0.05, 0) is 37.1 Å². The maximum Gasteiger partial charge on any atom is 0.410 e. The van der Waals surface area contributed by atoms with E-state index in [1.54, 1.807) is 27.8 Å². The third-order valence-corrected chi connectivity index (χ3v) is 4.31. The quantitative estimate of drug-likeness (QED) is 0.763. The average molecular weight is 357 g/mol. The van der Waals surface area contributed by atoms with Crippen molar-refractivity contribution < 1.29 is 19.1 Å². The second-order valence-corrected chi connectivity index (χ2v) is 7.45.